The fraction of sp³-hybridized carbons (Fsp3) is 0.714. The summed E-state index contributed by atoms with van der Waals surface area (Å²) in [6.45, 7) is 20.2. The van der Waals surface area contributed by atoms with E-state index in [-0.39, 0.29) is 52.0 Å². The van der Waals surface area contributed by atoms with Crippen LogP contribution in [0.1, 0.15) is 92.2 Å². The van der Waals surface area contributed by atoms with Crippen LogP contribution in [0, 0.1) is 39.9 Å². The summed E-state index contributed by atoms with van der Waals surface area (Å²) in [6, 6.07) is 8.57. The van der Waals surface area contributed by atoms with Gasteiger partial charge in [0.1, 0.15) is 12.1 Å². The monoisotopic (exact) mass is 598 g/mol. The number of rotatable bonds is 9. The highest BCUT2D eigenvalue weighted by Gasteiger charge is 2.67. The predicted octanol–water partition coefficient (Wildman–Crippen LogP) is 6.29. The second-order valence-electron chi connectivity index (χ2n) is 14.7. The van der Waals surface area contributed by atoms with Crippen LogP contribution in [0.5, 0.6) is 0 Å². The SMILES string of the molecule is C=C[C@]1(C)C[C@@H](OC(=O)CSC(C)(C)CNC(=O)C(N)c2ccccc2)[C@]2(C)[C@H](C)CC[C@]3(CCC(O)[C@H]32)[C@@H](C)C1C. The van der Waals surface area contributed by atoms with Crippen molar-refractivity contribution >= 4 is 23.6 Å². The number of carbonyl (C=O) groups excluding carboxylic acids is 2. The first-order chi connectivity index (χ1) is 19.6. The van der Waals surface area contributed by atoms with Crippen LogP contribution in [-0.2, 0) is 14.3 Å². The van der Waals surface area contributed by atoms with Crippen molar-refractivity contribution in [1.29, 1.82) is 0 Å². The molecule has 3 saturated carbocycles. The number of benzene rings is 1. The summed E-state index contributed by atoms with van der Waals surface area (Å²) in [7, 11) is 0. The maximum absolute atomic E-state index is 13.6. The van der Waals surface area contributed by atoms with Crippen LogP contribution in [0.2, 0.25) is 0 Å². The Labute approximate surface area is 258 Å². The van der Waals surface area contributed by atoms with Gasteiger partial charge >= 0.3 is 5.97 Å². The standard InChI is InChI=1S/C35H54N2O4S/c1-9-33(7)19-27(34(8)22(2)15-17-35(24(4)23(33)3)18-16-26(38)30(34)35)41-28(39)20-42-32(5,6)21-37-31(40)29(36)25-13-11-10-12-14-25/h9-14,22-24,26-27,29-30,38H,1,15-21,36H2,2-8H3,(H,37,40)/t22-,23?,24+,26?,27-,29?,30+,33-,34+,35+/m1/s1. The third-order valence-electron chi connectivity index (χ3n) is 12.2. The minimum atomic E-state index is -0.739. The number of nitrogens with one attached hydrogen (secondary N) is 1. The van der Waals surface area contributed by atoms with E-state index in [1.54, 1.807) is 0 Å². The van der Waals surface area contributed by atoms with Crippen LogP contribution in [0.15, 0.2) is 43.0 Å². The molecular weight excluding hydrogens is 544 g/mol. The molecule has 7 heteroatoms. The number of nitrogens with two attached hydrogens (primary N) is 1. The van der Waals surface area contributed by atoms with Crippen LogP contribution in [0.25, 0.3) is 0 Å². The molecule has 1 aromatic rings. The maximum Gasteiger partial charge on any atom is 0.316 e. The molecule has 3 fully saturated rings. The average molecular weight is 599 g/mol. The lowest BCUT2D eigenvalue weighted by Gasteiger charge is -2.63. The zero-order chi connectivity index (χ0) is 31.1. The van der Waals surface area contributed by atoms with Gasteiger partial charge in [0.05, 0.1) is 11.9 Å². The van der Waals surface area contributed by atoms with E-state index >= 15 is 0 Å². The van der Waals surface area contributed by atoms with Gasteiger partial charge in [0.2, 0.25) is 5.91 Å². The number of hydrogen-bond acceptors (Lipinski definition) is 6. The number of hydrogen-bond donors (Lipinski definition) is 3. The van der Waals surface area contributed by atoms with Gasteiger partial charge in [-0.25, -0.2) is 0 Å². The summed E-state index contributed by atoms with van der Waals surface area (Å²) < 4.78 is 6.11. The molecule has 6 nitrogen and oxygen atoms in total. The Hall–Kier alpha value is -1.83. The summed E-state index contributed by atoms with van der Waals surface area (Å²) in [5.74, 6) is 0.917. The lowest BCUT2D eigenvalue weighted by Crippen LogP contribution is -2.62. The summed E-state index contributed by atoms with van der Waals surface area (Å²) >= 11 is 1.48. The average Bonchev–Trinajstić information content (AvgIpc) is 3.33. The second-order valence-corrected chi connectivity index (χ2v) is 16.4. The first-order valence-corrected chi connectivity index (χ1v) is 16.8. The molecule has 234 valence electrons. The third-order valence-corrected chi connectivity index (χ3v) is 13.5. The first-order valence-electron chi connectivity index (χ1n) is 15.8. The lowest BCUT2D eigenvalue weighted by molar-refractivity contribution is -0.208. The summed E-state index contributed by atoms with van der Waals surface area (Å²) in [5.41, 5.74) is 6.45. The van der Waals surface area contributed by atoms with E-state index in [0.717, 1.165) is 31.2 Å². The van der Waals surface area contributed by atoms with Crippen LogP contribution in [0.3, 0.4) is 0 Å². The molecule has 2 bridgehead atoms. The largest absolute Gasteiger partial charge is 0.461 e. The van der Waals surface area contributed by atoms with Crippen LogP contribution in [0.4, 0.5) is 0 Å². The van der Waals surface area contributed by atoms with Gasteiger partial charge < -0.3 is 20.9 Å². The van der Waals surface area contributed by atoms with E-state index in [2.05, 4.69) is 52.6 Å². The number of amides is 1. The molecular formula is C35H54N2O4S. The molecule has 0 aromatic heterocycles. The van der Waals surface area contributed by atoms with Crippen molar-refractivity contribution < 1.29 is 19.4 Å². The molecule has 10 atom stereocenters. The Kier molecular flexibility index (Phi) is 9.67. The van der Waals surface area contributed by atoms with Gasteiger partial charge in [0.15, 0.2) is 0 Å². The highest BCUT2D eigenvalue weighted by Crippen LogP contribution is 2.69. The highest BCUT2D eigenvalue weighted by molar-refractivity contribution is 8.01. The number of allylic oxidation sites excluding steroid dienone is 1. The molecule has 3 unspecified atom stereocenters. The van der Waals surface area contributed by atoms with Gasteiger partial charge in [-0.15, -0.1) is 18.3 Å². The molecule has 1 aromatic carbocycles. The van der Waals surface area contributed by atoms with Gasteiger partial charge in [-0.3, -0.25) is 9.59 Å². The second kappa shape index (κ2) is 12.3. The van der Waals surface area contributed by atoms with E-state index in [9.17, 15) is 14.7 Å². The smallest absolute Gasteiger partial charge is 0.316 e. The van der Waals surface area contributed by atoms with Crippen molar-refractivity contribution in [3.05, 3.63) is 48.6 Å². The van der Waals surface area contributed by atoms with E-state index in [0.29, 0.717) is 30.7 Å². The Morgan fingerprint density at radius 1 is 1.17 bits per heavy atom. The van der Waals surface area contributed by atoms with Gasteiger partial charge in [-0.1, -0.05) is 71.0 Å². The summed E-state index contributed by atoms with van der Waals surface area (Å²) in [6.07, 6.45) is 6.15. The molecule has 4 rings (SSSR count). The minimum absolute atomic E-state index is 0.0466. The first kappa shape index (κ1) is 33.1. The molecule has 0 radical (unpaired) electrons. The maximum atomic E-state index is 13.6. The number of ether oxygens (including phenoxy) is 1. The van der Waals surface area contributed by atoms with E-state index in [1.807, 2.05) is 44.2 Å². The molecule has 3 aliphatic carbocycles. The minimum Gasteiger partial charge on any atom is -0.461 e. The molecule has 4 N–H and O–H groups in total. The van der Waals surface area contributed by atoms with Crippen molar-refractivity contribution in [2.45, 2.75) is 104 Å². The molecule has 0 saturated heterocycles. The number of esters is 1. The summed E-state index contributed by atoms with van der Waals surface area (Å²) in [5, 5.41) is 14.4. The fourth-order valence-electron chi connectivity index (χ4n) is 8.83. The predicted molar refractivity (Wildman–Crippen MR) is 172 cm³/mol. The third kappa shape index (κ3) is 5.95. The zero-order valence-corrected chi connectivity index (χ0v) is 27.6. The normalized spacial score (nSPS) is 38.9. The molecule has 0 spiro atoms. The summed E-state index contributed by atoms with van der Waals surface area (Å²) in [4.78, 5) is 26.3. The quantitative estimate of drug-likeness (QED) is 0.228. The van der Waals surface area contributed by atoms with Crippen LogP contribution < -0.4 is 11.1 Å². The van der Waals surface area contributed by atoms with Crippen molar-refractivity contribution in [2.24, 2.45) is 45.7 Å². The highest BCUT2D eigenvalue weighted by atomic mass is 32.2. The van der Waals surface area contributed by atoms with Gasteiger partial charge in [-0.2, -0.15) is 0 Å². The Balaban J connectivity index is 1.48. The van der Waals surface area contributed by atoms with Crippen molar-refractivity contribution in [3.8, 4) is 0 Å². The van der Waals surface area contributed by atoms with Gasteiger partial charge in [0, 0.05) is 16.7 Å². The number of thioether (sulfide) groups is 1. The molecule has 1 amide bonds. The van der Waals surface area contributed by atoms with E-state index < -0.39 is 10.8 Å². The molecule has 3 aliphatic rings. The van der Waals surface area contributed by atoms with Crippen molar-refractivity contribution in [3.63, 3.8) is 0 Å². The molecule has 42 heavy (non-hydrogen) atoms. The number of aliphatic hydroxyl groups is 1. The Morgan fingerprint density at radius 3 is 2.45 bits per heavy atom. The molecule has 0 heterocycles. The van der Waals surface area contributed by atoms with E-state index in [1.165, 1.54) is 11.8 Å². The Morgan fingerprint density at radius 2 is 1.81 bits per heavy atom. The van der Waals surface area contributed by atoms with Crippen molar-refractivity contribution in [2.75, 3.05) is 12.3 Å². The van der Waals surface area contributed by atoms with Gasteiger partial charge in [0.25, 0.3) is 0 Å². The van der Waals surface area contributed by atoms with Crippen LogP contribution in [-0.4, -0.2) is 46.2 Å². The molecule has 0 aliphatic heterocycles. The van der Waals surface area contributed by atoms with Crippen molar-refractivity contribution in [1.82, 2.24) is 5.32 Å². The zero-order valence-electron chi connectivity index (χ0n) is 26.8. The fourth-order valence-corrected chi connectivity index (χ4v) is 9.58. The van der Waals surface area contributed by atoms with E-state index in [4.69, 9.17) is 10.5 Å². The van der Waals surface area contributed by atoms with Crippen LogP contribution >= 0.6 is 11.8 Å². The topological polar surface area (TPSA) is 102 Å². The lowest BCUT2D eigenvalue weighted by atomic mass is 9.42. The number of aliphatic hydroxyl groups excluding tert-OH is 1. The van der Waals surface area contributed by atoms with Gasteiger partial charge in [-0.05, 0) is 86.0 Å². The Bertz CT molecular complexity index is 1140. The number of carbonyl (C=O) groups is 2.